The van der Waals surface area contributed by atoms with Crippen LogP contribution in [0.1, 0.15) is 42.5 Å². The lowest BCUT2D eigenvalue weighted by Crippen LogP contribution is -2.32. The van der Waals surface area contributed by atoms with Gasteiger partial charge in [-0.1, -0.05) is 13.8 Å². The molecule has 1 aromatic heterocycles. The molecule has 1 amide bonds. The number of halogens is 3. The third-order valence-corrected chi connectivity index (χ3v) is 2.63. The molecule has 8 heteroatoms. The maximum absolute atomic E-state index is 12.1. The van der Waals surface area contributed by atoms with E-state index >= 15 is 0 Å². The van der Waals surface area contributed by atoms with Gasteiger partial charge in [-0.2, -0.15) is 13.2 Å². The Labute approximate surface area is 115 Å². The van der Waals surface area contributed by atoms with Crippen molar-refractivity contribution in [2.75, 3.05) is 19.3 Å². The highest BCUT2D eigenvalue weighted by Crippen LogP contribution is 2.20. The second kappa shape index (κ2) is 6.06. The summed E-state index contributed by atoms with van der Waals surface area (Å²) >= 11 is 0. The summed E-state index contributed by atoms with van der Waals surface area (Å²) in [4.78, 5) is 21.0. The molecule has 0 unspecified atom stereocenters. The van der Waals surface area contributed by atoms with Gasteiger partial charge in [0.2, 0.25) is 0 Å². The van der Waals surface area contributed by atoms with Crippen molar-refractivity contribution in [1.29, 1.82) is 0 Å². The van der Waals surface area contributed by atoms with Crippen LogP contribution in [0.15, 0.2) is 6.20 Å². The minimum atomic E-state index is -4.31. The Morgan fingerprint density at radius 3 is 2.55 bits per heavy atom. The number of hydrogen-bond acceptors (Lipinski definition) is 4. The topological polar surface area (TPSA) is 72.1 Å². The number of carbonyl (C=O) groups is 1. The third-order valence-electron chi connectivity index (χ3n) is 2.63. The average Bonchev–Trinajstić information content (AvgIpc) is 2.34. The van der Waals surface area contributed by atoms with Crippen LogP contribution in [0.25, 0.3) is 0 Å². The first-order valence-corrected chi connectivity index (χ1v) is 6.06. The Morgan fingerprint density at radius 2 is 2.05 bits per heavy atom. The number of amides is 1. The summed E-state index contributed by atoms with van der Waals surface area (Å²) in [6.45, 7) is 3.24. The summed E-state index contributed by atoms with van der Waals surface area (Å²) in [5.74, 6) is -0.231. The predicted octanol–water partition coefficient (Wildman–Crippen LogP) is 2.21. The number of aromatic nitrogens is 2. The lowest BCUT2D eigenvalue weighted by Gasteiger charge is -2.19. The van der Waals surface area contributed by atoms with Crippen LogP contribution in [0.5, 0.6) is 0 Å². The van der Waals surface area contributed by atoms with Gasteiger partial charge in [0.05, 0.1) is 18.3 Å². The fraction of sp³-hybridized carbons (Fsp3) is 0.583. The fourth-order valence-electron chi connectivity index (χ4n) is 1.43. The van der Waals surface area contributed by atoms with Gasteiger partial charge in [0, 0.05) is 19.5 Å². The summed E-state index contributed by atoms with van der Waals surface area (Å²) < 4.78 is 36.4. The Kier molecular flexibility index (Phi) is 4.91. The van der Waals surface area contributed by atoms with E-state index in [0.29, 0.717) is 5.82 Å². The molecule has 0 saturated carbocycles. The van der Waals surface area contributed by atoms with Gasteiger partial charge < -0.3 is 10.6 Å². The lowest BCUT2D eigenvalue weighted by atomic mass is 10.2. The van der Waals surface area contributed by atoms with Crippen LogP contribution in [-0.2, 0) is 0 Å². The molecule has 0 atom stereocenters. The zero-order valence-corrected chi connectivity index (χ0v) is 11.5. The van der Waals surface area contributed by atoms with Gasteiger partial charge in [-0.05, 0) is 0 Å². The van der Waals surface area contributed by atoms with Gasteiger partial charge in [0.1, 0.15) is 5.82 Å². The highest BCUT2D eigenvalue weighted by Gasteiger charge is 2.29. The van der Waals surface area contributed by atoms with Crippen LogP contribution in [0, 0.1) is 0 Å². The molecule has 112 valence electrons. The molecule has 20 heavy (non-hydrogen) atoms. The highest BCUT2D eigenvalue weighted by molar-refractivity contribution is 5.96. The van der Waals surface area contributed by atoms with E-state index in [1.807, 2.05) is 13.8 Å². The van der Waals surface area contributed by atoms with Crippen molar-refractivity contribution >= 4 is 11.6 Å². The molecule has 1 aromatic rings. The highest BCUT2D eigenvalue weighted by atomic mass is 19.4. The Hall–Kier alpha value is -1.86. The van der Waals surface area contributed by atoms with E-state index in [4.69, 9.17) is 5.73 Å². The zero-order valence-electron chi connectivity index (χ0n) is 11.5. The van der Waals surface area contributed by atoms with Crippen LogP contribution in [0.3, 0.4) is 0 Å². The standard InChI is InChI=1S/C12H17F3N4O/c1-7(2)10-17-6-8(16)9(18-10)11(20)19(3)5-4-12(13,14)15/h6-7H,4-5,16H2,1-3H3. The molecular formula is C12H17F3N4O. The SMILES string of the molecule is CC(C)c1ncc(N)c(C(=O)N(C)CCC(F)(F)F)n1. The molecule has 0 spiro atoms. The number of nitrogen functional groups attached to an aromatic ring is 1. The molecule has 0 bridgehead atoms. The second-order valence-electron chi connectivity index (χ2n) is 4.78. The van der Waals surface area contributed by atoms with Crippen LogP contribution < -0.4 is 5.73 Å². The zero-order chi connectivity index (χ0) is 15.5. The largest absolute Gasteiger partial charge is 0.396 e. The summed E-state index contributed by atoms with van der Waals surface area (Å²) in [6, 6.07) is 0. The van der Waals surface area contributed by atoms with E-state index in [-0.39, 0.29) is 17.3 Å². The fourth-order valence-corrected chi connectivity index (χ4v) is 1.43. The van der Waals surface area contributed by atoms with Crippen LogP contribution >= 0.6 is 0 Å². The molecule has 0 aliphatic heterocycles. The van der Waals surface area contributed by atoms with Crippen molar-refractivity contribution in [1.82, 2.24) is 14.9 Å². The minimum Gasteiger partial charge on any atom is -0.396 e. The summed E-state index contributed by atoms with van der Waals surface area (Å²) in [5, 5.41) is 0. The molecule has 0 aliphatic carbocycles. The normalized spacial score (nSPS) is 11.8. The number of carbonyl (C=O) groups excluding carboxylic acids is 1. The molecule has 0 radical (unpaired) electrons. The van der Waals surface area contributed by atoms with Gasteiger partial charge in [-0.3, -0.25) is 4.79 Å². The van der Waals surface area contributed by atoms with Gasteiger partial charge in [-0.15, -0.1) is 0 Å². The van der Waals surface area contributed by atoms with Crippen molar-refractivity contribution in [3.05, 3.63) is 17.7 Å². The smallest absolute Gasteiger partial charge is 0.390 e. The molecule has 5 nitrogen and oxygen atoms in total. The van der Waals surface area contributed by atoms with Crippen molar-refractivity contribution < 1.29 is 18.0 Å². The first-order valence-electron chi connectivity index (χ1n) is 6.06. The first-order chi connectivity index (χ1) is 9.11. The number of anilines is 1. The van der Waals surface area contributed by atoms with E-state index in [9.17, 15) is 18.0 Å². The van der Waals surface area contributed by atoms with Gasteiger partial charge in [0.25, 0.3) is 5.91 Å². The average molecular weight is 290 g/mol. The van der Waals surface area contributed by atoms with E-state index in [1.54, 1.807) is 0 Å². The molecule has 0 saturated heterocycles. The molecule has 0 fully saturated rings. The second-order valence-corrected chi connectivity index (χ2v) is 4.78. The number of nitrogens with zero attached hydrogens (tertiary/aromatic N) is 3. The van der Waals surface area contributed by atoms with Gasteiger partial charge >= 0.3 is 6.18 Å². The molecule has 1 rings (SSSR count). The van der Waals surface area contributed by atoms with Crippen LogP contribution in [-0.4, -0.2) is 40.5 Å². The summed E-state index contributed by atoms with van der Waals surface area (Å²) in [7, 11) is 1.28. The lowest BCUT2D eigenvalue weighted by molar-refractivity contribution is -0.136. The van der Waals surface area contributed by atoms with Crippen LogP contribution in [0.4, 0.5) is 18.9 Å². The summed E-state index contributed by atoms with van der Waals surface area (Å²) in [6.07, 6.45) is -4.08. The van der Waals surface area contributed by atoms with Gasteiger partial charge in [-0.25, -0.2) is 9.97 Å². The Bertz CT molecular complexity index is 488. The van der Waals surface area contributed by atoms with E-state index in [2.05, 4.69) is 9.97 Å². The number of hydrogen-bond donors (Lipinski definition) is 1. The van der Waals surface area contributed by atoms with Gasteiger partial charge in [0.15, 0.2) is 5.69 Å². The van der Waals surface area contributed by atoms with E-state index in [0.717, 1.165) is 4.90 Å². The number of alkyl halides is 3. The molecular weight excluding hydrogens is 273 g/mol. The number of rotatable bonds is 4. The van der Waals surface area contributed by atoms with E-state index < -0.39 is 25.0 Å². The Balaban J connectivity index is 2.88. The van der Waals surface area contributed by atoms with Crippen molar-refractivity contribution in [3.8, 4) is 0 Å². The first kappa shape index (κ1) is 16.2. The molecule has 2 N–H and O–H groups in total. The minimum absolute atomic E-state index is 0.0115. The maximum Gasteiger partial charge on any atom is 0.390 e. The molecule has 0 aromatic carbocycles. The summed E-state index contributed by atoms with van der Waals surface area (Å²) in [5.41, 5.74) is 5.61. The quantitative estimate of drug-likeness (QED) is 0.922. The number of nitrogens with two attached hydrogens (primary N) is 1. The molecule has 0 aliphatic rings. The monoisotopic (exact) mass is 290 g/mol. The van der Waals surface area contributed by atoms with Crippen molar-refractivity contribution in [3.63, 3.8) is 0 Å². The van der Waals surface area contributed by atoms with Crippen molar-refractivity contribution in [2.45, 2.75) is 32.4 Å². The van der Waals surface area contributed by atoms with E-state index in [1.165, 1.54) is 13.2 Å². The predicted molar refractivity (Wildman–Crippen MR) is 68.2 cm³/mol. The Morgan fingerprint density at radius 1 is 1.45 bits per heavy atom. The van der Waals surface area contributed by atoms with Crippen LogP contribution in [0.2, 0.25) is 0 Å². The third kappa shape index (κ3) is 4.36. The maximum atomic E-state index is 12.1. The van der Waals surface area contributed by atoms with Crippen molar-refractivity contribution in [2.24, 2.45) is 0 Å². The molecule has 1 heterocycles.